The number of nitrogens with zero attached hydrogens (tertiary/aromatic N) is 1. The maximum absolute atomic E-state index is 9.45. The van der Waals surface area contributed by atoms with Gasteiger partial charge >= 0.3 is 0 Å². The summed E-state index contributed by atoms with van der Waals surface area (Å²) in [5.74, 6) is 0. The largest absolute Gasteiger partial charge is 0.383 e. The van der Waals surface area contributed by atoms with Gasteiger partial charge < -0.3 is 15.4 Å². The van der Waals surface area contributed by atoms with E-state index in [2.05, 4.69) is 10.7 Å². The van der Waals surface area contributed by atoms with E-state index in [0.717, 1.165) is 0 Å². The van der Waals surface area contributed by atoms with Crippen LogP contribution < -0.4 is 5.73 Å². The second-order valence-electron chi connectivity index (χ2n) is 2.63. The zero-order valence-corrected chi connectivity index (χ0v) is 9.45. The second-order valence-corrected chi connectivity index (χ2v) is 4.55. The van der Waals surface area contributed by atoms with Crippen LogP contribution in [0, 0.1) is 0 Å². The van der Waals surface area contributed by atoms with Crippen LogP contribution in [0.15, 0.2) is 10.4 Å². The van der Waals surface area contributed by atoms with Crippen LogP contribution in [-0.2, 0) is 5.60 Å². The van der Waals surface area contributed by atoms with Gasteiger partial charge in [0.25, 0.3) is 0 Å². The van der Waals surface area contributed by atoms with Gasteiger partial charge in [-0.15, -0.1) is 11.3 Å². The first kappa shape index (κ1) is 12.9. The molecule has 0 aliphatic heterocycles. The van der Waals surface area contributed by atoms with Gasteiger partial charge in [-0.2, -0.15) is 0 Å². The Morgan fingerprint density at radius 3 is 2.31 bits per heavy atom. The molecule has 13 heavy (non-hydrogen) atoms. The number of thiazole rings is 1. The standard InChI is InChI=1S/C6H9NO2S2.CH5N/c1-6(2,8)5-7-3-4(10-5)11-9;1-2/h3,8-9H,1-2H3;2H2,1H3. The molecule has 0 atom stereocenters. The molecule has 0 amide bonds. The van der Waals surface area contributed by atoms with Crippen molar-refractivity contribution in [3.05, 3.63) is 11.2 Å². The minimum absolute atomic E-state index is 0.619. The predicted octanol–water partition coefficient (Wildman–Crippen LogP) is 1.51. The third-order valence-corrected chi connectivity index (χ3v) is 2.96. The summed E-state index contributed by atoms with van der Waals surface area (Å²) < 4.78 is 9.32. The Bertz CT molecular complexity index is 245. The first-order chi connectivity index (χ1) is 6.04. The minimum atomic E-state index is -0.904. The predicted molar refractivity (Wildman–Crippen MR) is 56.0 cm³/mol. The number of aliphatic hydroxyl groups is 1. The van der Waals surface area contributed by atoms with Gasteiger partial charge in [-0.1, -0.05) is 0 Å². The van der Waals surface area contributed by atoms with Gasteiger partial charge in [-0.05, 0) is 20.9 Å². The van der Waals surface area contributed by atoms with Gasteiger partial charge in [0.15, 0.2) is 0 Å². The summed E-state index contributed by atoms with van der Waals surface area (Å²) in [6.45, 7) is 3.33. The molecule has 76 valence electrons. The van der Waals surface area contributed by atoms with E-state index in [0.29, 0.717) is 21.3 Å². The minimum Gasteiger partial charge on any atom is -0.383 e. The quantitative estimate of drug-likeness (QED) is 0.661. The van der Waals surface area contributed by atoms with Crippen LogP contribution in [0.3, 0.4) is 0 Å². The lowest BCUT2D eigenvalue weighted by Crippen LogP contribution is -2.14. The van der Waals surface area contributed by atoms with Gasteiger partial charge in [0.2, 0.25) is 0 Å². The highest BCUT2D eigenvalue weighted by atomic mass is 32.2. The van der Waals surface area contributed by atoms with Crippen molar-refractivity contribution in [3.8, 4) is 0 Å². The van der Waals surface area contributed by atoms with E-state index in [9.17, 15) is 5.11 Å². The number of aromatic nitrogens is 1. The van der Waals surface area contributed by atoms with Crippen LogP contribution in [0.5, 0.6) is 0 Å². The van der Waals surface area contributed by atoms with Gasteiger partial charge in [0.05, 0.1) is 6.20 Å². The summed E-state index contributed by atoms with van der Waals surface area (Å²) in [5.41, 5.74) is 3.60. The lowest BCUT2D eigenvalue weighted by Gasteiger charge is -2.11. The molecule has 1 aromatic heterocycles. The van der Waals surface area contributed by atoms with Gasteiger partial charge in [-0.3, -0.25) is 0 Å². The van der Waals surface area contributed by atoms with E-state index in [1.165, 1.54) is 18.4 Å². The Labute approximate surface area is 86.0 Å². The Hall–Kier alpha value is -0.140. The summed E-state index contributed by atoms with van der Waals surface area (Å²) in [7, 11) is 1.50. The molecule has 0 aromatic carbocycles. The lowest BCUT2D eigenvalue weighted by molar-refractivity contribution is 0.0783. The van der Waals surface area contributed by atoms with E-state index < -0.39 is 5.60 Å². The van der Waals surface area contributed by atoms with E-state index in [-0.39, 0.29) is 0 Å². The van der Waals surface area contributed by atoms with E-state index >= 15 is 0 Å². The monoisotopic (exact) mass is 222 g/mol. The molecule has 0 aliphatic rings. The van der Waals surface area contributed by atoms with Crippen LogP contribution in [0.1, 0.15) is 18.9 Å². The average molecular weight is 222 g/mol. The molecule has 0 aliphatic carbocycles. The number of nitrogens with two attached hydrogens (primary N) is 1. The van der Waals surface area contributed by atoms with Crippen LogP contribution in [0.25, 0.3) is 0 Å². The molecule has 4 N–H and O–H groups in total. The zero-order chi connectivity index (χ0) is 10.5. The van der Waals surface area contributed by atoms with Crippen molar-refractivity contribution < 1.29 is 9.66 Å². The fraction of sp³-hybridized carbons (Fsp3) is 0.571. The smallest absolute Gasteiger partial charge is 0.125 e. The van der Waals surface area contributed by atoms with Crippen LogP contribution in [0.4, 0.5) is 0 Å². The van der Waals surface area contributed by atoms with E-state index in [4.69, 9.17) is 4.55 Å². The molecule has 0 unspecified atom stereocenters. The first-order valence-electron chi connectivity index (χ1n) is 3.62. The summed E-state index contributed by atoms with van der Waals surface area (Å²) in [4.78, 5) is 3.95. The number of hydrogen-bond acceptors (Lipinski definition) is 6. The van der Waals surface area contributed by atoms with Gasteiger partial charge in [0, 0.05) is 12.0 Å². The summed E-state index contributed by atoms with van der Waals surface area (Å²) in [6.07, 6.45) is 1.54. The van der Waals surface area contributed by atoms with Crippen LogP contribution >= 0.6 is 23.4 Å². The molecule has 0 bridgehead atoms. The van der Waals surface area contributed by atoms with Crippen molar-refractivity contribution in [1.29, 1.82) is 0 Å². The topological polar surface area (TPSA) is 79.4 Å². The molecule has 4 nitrogen and oxygen atoms in total. The van der Waals surface area contributed by atoms with Crippen LogP contribution in [-0.4, -0.2) is 21.7 Å². The Morgan fingerprint density at radius 2 is 2.08 bits per heavy atom. The normalized spacial score (nSPS) is 10.6. The molecule has 0 radical (unpaired) electrons. The molecule has 1 heterocycles. The van der Waals surface area contributed by atoms with Crippen molar-refractivity contribution in [3.63, 3.8) is 0 Å². The Morgan fingerprint density at radius 1 is 1.54 bits per heavy atom. The van der Waals surface area contributed by atoms with Crippen LogP contribution in [0.2, 0.25) is 0 Å². The van der Waals surface area contributed by atoms with Gasteiger partial charge in [-0.25, -0.2) is 4.98 Å². The van der Waals surface area contributed by atoms with E-state index in [1.807, 2.05) is 0 Å². The average Bonchev–Trinajstić information content (AvgIpc) is 2.54. The van der Waals surface area contributed by atoms with Crippen molar-refractivity contribution in [2.45, 2.75) is 23.7 Å². The molecule has 0 saturated heterocycles. The lowest BCUT2D eigenvalue weighted by atomic mass is 10.2. The summed E-state index contributed by atoms with van der Waals surface area (Å²) in [6, 6.07) is 0. The SMILES string of the molecule is CC(C)(O)c1ncc(SO)s1.CN. The van der Waals surface area contributed by atoms with Gasteiger partial charge in [0.1, 0.15) is 14.8 Å². The van der Waals surface area contributed by atoms with Crippen molar-refractivity contribution in [1.82, 2.24) is 4.98 Å². The van der Waals surface area contributed by atoms with Crippen molar-refractivity contribution in [2.75, 3.05) is 7.05 Å². The molecule has 1 rings (SSSR count). The highest BCUT2D eigenvalue weighted by molar-refractivity contribution is 7.95. The molecule has 0 spiro atoms. The first-order valence-corrected chi connectivity index (χ1v) is 5.21. The Balaban J connectivity index is 0.000000671. The molecular formula is C7H14N2O2S2. The molecule has 1 aromatic rings. The maximum Gasteiger partial charge on any atom is 0.125 e. The van der Waals surface area contributed by atoms with E-state index in [1.54, 1.807) is 20.0 Å². The highest BCUT2D eigenvalue weighted by Crippen LogP contribution is 2.29. The van der Waals surface area contributed by atoms with Crippen molar-refractivity contribution in [2.24, 2.45) is 5.73 Å². The number of hydrogen-bond donors (Lipinski definition) is 3. The Kier molecular flexibility index (Phi) is 5.50. The fourth-order valence-electron chi connectivity index (χ4n) is 0.584. The highest BCUT2D eigenvalue weighted by Gasteiger charge is 2.20. The maximum atomic E-state index is 9.45. The molecule has 0 fully saturated rings. The molecule has 6 heteroatoms. The summed E-state index contributed by atoms with van der Waals surface area (Å²) in [5, 5.41) is 10.1. The second kappa shape index (κ2) is 5.56. The number of rotatable bonds is 2. The van der Waals surface area contributed by atoms with Crippen molar-refractivity contribution >= 4 is 23.4 Å². The third-order valence-electron chi connectivity index (χ3n) is 1.10. The third kappa shape index (κ3) is 4.06. The summed E-state index contributed by atoms with van der Waals surface area (Å²) >= 11 is 1.94. The fourth-order valence-corrected chi connectivity index (χ4v) is 1.72. The zero-order valence-electron chi connectivity index (χ0n) is 7.81. The molecular weight excluding hydrogens is 208 g/mol. The molecule has 0 saturated carbocycles.